The van der Waals surface area contributed by atoms with Crippen molar-refractivity contribution < 1.29 is 17.9 Å². The van der Waals surface area contributed by atoms with E-state index in [1.165, 1.54) is 11.7 Å². The number of methoxy groups -OCH3 is 1. The third kappa shape index (κ3) is 1.99. The van der Waals surface area contributed by atoms with Crippen molar-refractivity contribution >= 4 is 22.6 Å². The fraction of sp³-hybridized carbons (Fsp3) is 0.500. The van der Waals surface area contributed by atoms with Crippen LogP contribution in [0.5, 0.6) is 5.75 Å². The molecule has 0 radical (unpaired) electrons. The number of alkyl halides is 4. The molecule has 114 valence electrons. The molecule has 3 rings (SSSR count). The van der Waals surface area contributed by atoms with Gasteiger partial charge in [0.15, 0.2) is 0 Å². The van der Waals surface area contributed by atoms with Gasteiger partial charge in [0.1, 0.15) is 22.6 Å². The topological polar surface area (TPSA) is 27.1 Å². The molecule has 1 aromatic heterocycles. The van der Waals surface area contributed by atoms with Gasteiger partial charge in [-0.3, -0.25) is 0 Å². The fourth-order valence-corrected chi connectivity index (χ4v) is 2.87. The van der Waals surface area contributed by atoms with Gasteiger partial charge in [-0.15, -0.1) is 11.6 Å². The van der Waals surface area contributed by atoms with Gasteiger partial charge in [0.2, 0.25) is 0 Å². The molecule has 21 heavy (non-hydrogen) atoms. The number of fused-ring (bicyclic) bond motifs is 1. The highest BCUT2D eigenvalue weighted by Gasteiger charge is 2.66. The average Bonchev–Trinajstić information content (AvgIpc) is 3.12. The maximum atomic E-state index is 13.5. The summed E-state index contributed by atoms with van der Waals surface area (Å²) in [6, 6.07) is 4.96. The zero-order valence-corrected chi connectivity index (χ0v) is 12.3. The minimum Gasteiger partial charge on any atom is -0.494 e. The molecule has 1 atom stereocenters. The van der Waals surface area contributed by atoms with Crippen LogP contribution in [0.1, 0.15) is 31.0 Å². The van der Waals surface area contributed by atoms with Crippen LogP contribution in [0.3, 0.4) is 0 Å². The van der Waals surface area contributed by atoms with Gasteiger partial charge in [-0.2, -0.15) is 13.2 Å². The number of rotatable bonds is 3. The third-order valence-electron chi connectivity index (χ3n) is 3.93. The third-order valence-corrected chi connectivity index (χ3v) is 4.12. The minimum absolute atomic E-state index is 0.0514. The van der Waals surface area contributed by atoms with Crippen LogP contribution >= 0.6 is 11.6 Å². The van der Waals surface area contributed by atoms with Gasteiger partial charge < -0.3 is 9.30 Å². The van der Waals surface area contributed by atoms with E-state index in [0.29, 0.717) is 16.8 Å². The molecule has 0 N–H and O–H groups in total. The highest BCUT2D eigenvalue weighted by Crippen LogP contribution is 2.57. The molecule has 1 aliphatic rings. The highest BCUT2D eigenvalue weighted by molar-refractivity contribution is 6.20. The maximum Gasteiger partial charge on any atom is 0.412 e. The van der Waals surface area contributed by atoms with E-state index in [1.54, 1.807) is 25.1 Å². The number of para-hydroxylation sites is 1. The number of nitrogens with zero attached hydrogens (tertiary/aromatic N) is 2. The minimum atomic E-state index is -4.33. The molecular formula is C14H14ClF3N2O. The number of ether oxygens (including phenoxy) is 1. The quantitative estimate of drug-likeness (QED) is 0.784. The highest BCUT2D eigenvalue weighted by atomic mass is 35.5. The number of benzene rings is 1. The Hall–Kier alpha value is -1.43. The first-order chi connectivity index (χ1) is 9.82. The lowest BCUT2D eigenvalue weighted by Crippen LogP contribution is -2.36. The molecule has 3 nitrogen and oxygen atoms in total. The Bertz CT molecular complexity index is 689. The lowest BCUT2D eigenvalue weighted by atomic mass is 10.2. The predicted molar refractivity (Wildman–Crippen MR) is 73.8 cm³/mol. The van der Waals surface area contributed by atoms with Crippen molar-refractivity contribution in [2.75, 3.05) is 7.11 Å². The van der Waals surface area contributed by atoms with Crippen LogP contribution in [0.4, 0.5) is 13.2 Å². The molecule has 0 bridgehead atoms. The number of halogens is 4. The molecule has 2 aromatic rings. The Kier molecular flexibility index (Phi) is 3.13. The van der Waals surface area contributed by atoms with Crippen LogP contribution in [0.25, 0.3) is 11.0 Å². The average molecular weight is 319 g/mol. The molecule has 1 aromatic carbocycles. The van der Waals surface area contributed by atoms with E-state index in [2.05, 4.69) is 4.98 Å². The molecule has 1 unspecified atom stereocenters. The molecule has 7 heteroatoms. The second-order valence-electron chi connectivity index (χ2n) is 5.28. The number of hydrogen-bond acceptors (Lipinski definition) is 2. The second-order valence-corrected chi connectivity index (χ2v) is 5.93. The molecule has 0 aliphatic heterocycles. The van der Waals surface area contributed by atoms with Gasteiger partial charge >= 0.3 is 6.18 Å². The number of imidazole rings is 1. The van der Waals surface area contributed by atoms with Gasteiger partial charge in [0.05, 0.1) is 18.0 Å². The van der Waals surface area contributed by atoms with E-state index in [0.717, 1.165) is 0 Å². The van der Waals surface area contributed by atoms with Crippen LogP contribution in [0.15, 0.2) is 18.2 Å². The van der Waals surface area contributed by atoms with E-state index in [1.807, 2.05) is 0 Å². The summed E-state index contributed by atoms with van der Waals surface area (Å²) < 4.78 is 46.9. The van der Waals surface area contributed by atoms with Crippen molar-refractivity contribution in [1.82, 2.24) is 9.55 Å². The molecule has 1 saturated carbocycles. The first-order valence-electron chi connectivity index (χ1n) is 6.58. The zero-order valence-electron chi connectivity index (χ0n) is 11.5. The summed E-state index contributed by atoms with van der Waals surface area (Å²) in [5.74, 6) is 0.675. The summed E-state index contributed by atoms with van der Waals surface area (Å²) >= 11 is 6.07. The summed E-state index contributed by atoms with van der Waals surface area (Å²) in [5, 5.41) is -0.623. The maximum absolute atomic E-state index is 13.5. The van der Waals surface area contributed by atoms with E-state index < -0.39 is 17.1 Å². The van der Waals surface area contributed by atoms with Gasteiger partial charge in [0.25, 0.3) is 0 Å². The van der Waals surface area contributed by atoms with Gasteiger partial charge in [-0.25, -0.2) is 4.98 Å². The van der Waals surface area contributed by atoms with Gasteiger partial charge in [0, 0.05) is 0 Å². The Morgan fingerprint density at radius 1 is 1.38 bits per heavy atom. The predicted octanol–water partition coefficient (Wildman–Crippen LogP) is 4.40. The second kappa shape index (κ2) is 4.53. The fourth-order valence-electron chi connectivity index (χ4n) is 2.73. The first kappa shape index (κ1) is 14.5. The molecule has 0 saturated heterocycles. The van der Waals surface area contributed by atoms with Crippen molar-refractivity contribution in [3.8, 4) is 5.75 Å². The SMILES string of the molecule is COc1cccc2c1nc(C(C)Cl)n2C1(C(F)(F)F)CC1. The largest absolute Gasteiger partial charge is 0.494 e. The van der Waals surface area contributed by atoms with Crippen molar-refractivity contribution in [3.63, 3.8) is 0 Å². The molecule has 0 spiro atoms. The van der Waals surface area contributed by atoms with Crippen molar-refractivity contribution in [1.29, 1.82) is 0 Å². The smallest absolute Gasteiger partial charge is 0.412 e. The summed E-state index contributed by atoms with van der Waals surface area (Å²) in [5.41, 5.74) is -1.06. The summed E-state index contributed by atoms with van der Waals surface area (Å²) in [7, 11) is 1.47. The number of aromatic nitrogens is 2. The molecule has 0 amide bonds. The van der Waals surface area contributed by atoms with Crippen LogP contribution in [0.2, 0.25) is 0 Å². The zero-order chi connectivity index (χ0) is 15.4. The Morgan fingerprint density at radius 2 is 2.05 bits per heavy atom. The Balaban J connectivity index is 2.33. The molecule has 1 aliphatic carbocycles. The lowest BCUT2D eigenvalue weighted by Gasteiger charge is -2.24. The van der Waals surface area contributed by atoms with E-state index in [4.69, 9.17) is 16.3 Å². The number of hydrogen-bond donors (Lipinski definition) is 0. The monoisotopic (exact) mass is 318 g/mol. The van der Waals surface area contributed by atoms with Gasteiger partial charge in [-0.1, -0.05) is 6.07 Å². The molecule has 1 fully saturated rings. The van der Waals surface area contributed by atoms with Crippen LogP contribution in [-0.4, -0.2) is 22.8 Å². The lowest BCUT2D eigenvalue weighted by molar-refractivity contribution is -0.179. The molecular weight excluding hydrogens is 305 g/mol. The summed E-state index contributed by atoms with van der Waals surface area (Å²) in [6.45, 7) is 1.62. The molecule has 1 heterocycles. The van der Waals surface area contributed by atoms with Crippen molar-refractivity contribution in [3.05, 3.63) is 24.0 Å². The van der Waals surface area contributed by atoms with Crippen molar-refractivity contribution in [2.45, 2.75) is 36.9 Å². The van der Waals surface area contributed by atoms with Crippen molar-refractivity contribution in [2.24, 2.45) is 0 Å². The van der Waals surface area contributed by atoms with Crippen LogP contribution < -0.4 is 4.74 Å². The Labute approximate surface area is 124 Å². The summed E-state index contributed by atoms with van der Waals surface area (Å²) in [6.07, 6.45) is -4.23. The van der Waals surface area contributed by atoms with Gasteiger partial charge in [-0.05, 0) is 31.9 Å². The van der Waals surface area contributed by atoms with E-state index in [9.17, 15) is 13.2 Å². The standard InChI is InChI=1S/C14H14ClF3N2O/c1-8(15)12-19-11-9(4-3-5-10(11)21-2)20(12)13(6-7-13)14(16,17)18/h3-5,8H,6-7H2,1-2H3. The Morgan fingerprint density at radius 3 is 2.52 bits per heavy atom. The summed E-state index contributed by atoms with van der Waals surface area (Å²) in [4.78, 5) is 4.31. The van der Waals surface area contributed by atoms with Crippen LogP contribution in [0, 0.1) is 0 Å². The first-order valence-corrected chi connectivity index (χ1v) is 7.02. The van der Waals surface area contributed by atoms with Crippen LogP contribution in [-0.2, 0) is 5.54 Å². The normalized spacial score (nSPS) is 18.8. The van der Waals surface area contributed by atoms with E-state index in [-0.39, 0.29) is 18.7 Å². The van der Waals surface area contributed by atoms with E-state index >= 15 is 0 Å².